The van der Waals surface area contributed by atoms with Gasteiger partial charge in [-0.1, -0.05) is 34.6 Å². The van der Waals surface area contributed by atoms with Gasteiger partial charge in [0.25, 0.3) is 0 Å². The monoisotopic (exact) mass is 300 g/mol. The number of esters is 1. The summed E-state index contributed by atoms with van der Waals surface area (Å²) in [5, 5.41) is 0. The first-order valence-electron chi connectivity index (χ1n) is 8.21. The molecular formula is C18H36O3. The molecule has 0 heterocycles. The Balaban J connectivity index is 4.72. The number of hydrogen-bond acceptors (Lipinski definition) is 3. The van der Waals surface area contributed by atoms with Gasteiger partial charge in [0.2, 0.25) is 0 Å². The van der Waals surface area contributed by atoms with E-state index in [2.05, 4.69) is 41.5 Å². The van der Waals surface area contributed by atoms with Crippen molar-refractivity contribution < 1.29 is 14.3 Å². The Morgan fingerprint density at radius 3 is 1.86 bits per heavy atom. The van der Waals surface area contributed by atoms with Gasteiger partial charge in [-0.15, -0.1) is 0 Å². The Morgan fingerprint density at radius 2 is 1.48 bits per heavy atom. The van der Waals surface area contributed by atoms with Crippen molar-refractivity contribution in [2.75, 3.05) is 13.2 Å². The smallest absolute Gasteiger partial charge is 0.311 e. The highest BCUT2D eigenvalue weighted by Gasteiger charge is 2.35. The molecule has 0 aliphatic rings. The normalized spacial score (nSPS) is 15.9. The summed E-state index contributed by atoms with van der Waals surface area (Å²) in [6, 6.07) is 0. The second-order valence-corrected chi connectivity index (χ2v) is 8.02. The summed E-state index contributed by atoms with van der Waals surface area (Å²) in [6.07, 6.45) is 1.74. The maximum absolute atomic E-state index is 12.2. The van der Waals surface area contributed by atoms with Crippen LogP contribution in [0.5, 0.6) is 0 Å². The predicted molar refractivity (Wildman–Crippen MR) is 88.3 cm³/mol. The summed E-state index contributed by atoms with van der Waals surface area (Å²) in [7, 11) is 0. The standard InChI is InChI=1S/C18H36O3/c1-10-16(5,6)15(19)20-12-18(9,14(3)4)13-21-17(7,8)11-2/h14H,10-13H2,1-9H3. The molecule has 3 nitrogen and oxygen atoms in total. The SMILES string of the molecule is CCC(C)(C)OCC(C)(COC(=O)C(C)(C)CC)C(C)C. The van der Waals surface area contributed by atoms with Crippen molar-refractivity contribution in [1.29, 1.82) is 0 Å². The Hall–Kier alpha value is -0.570. The number of carbonyl (C=O) groups excluding carboxylic acids is 1. The molecule has 1 unspecified atom stereocenters. The number of ether oxygens (including phenoxy) is 2. The van der Waals surface area contributed by atoms with Crippen molar-refractivity contribution in [3.8, 4) is 0 Å². The van der Waals surface area contributed by atoms with E-state index in [9.17, 15) is 4.79 Å². The first kappa shape index (κ1) is 20.4. The fraction of sp³-hybridized carbons (Fsp3) is 0.944. The highest BCUT2D eigenvalue weighted by atomic mass is 16.5. The summed E-state index contributed by atoms with van der Waals surface area (Å²) < 4.78 is 11.7. The highest BCUT2D eigenvalue weighted by molar-refractivity contribution is 5.75. The fourth-order valence-electron chi connectivity index (χ4n) is 1.41. The largest absolute Gasteiger partial charge is 0.465 e. The first-order valence-corrected chi connectivity index (χ1v) is 8.21. The number of rotatable bonds is 9. The van der Waals surface area contributed by atoms with E-state index in [0.717, 1.165) is 12.8 Å². The Bertz CT molecular complexity index is 331. The average molecular weight is 300 g/mol. The summed E-state index contributed by atoms with van der Waals surface area (Å²) in [5.74, 6) is 0.259. The zero-order chi connectivity index (χ0) is 16.9. The second kappa shape index (κ2) is 7.62. The topological polar surface area (TPSA) is 35.5 Å². The van der Waals surface area contributed by atoms with E-state index < -0.39 is 5.41 Å². The van der Waals surface area contributed by atoms with Crippen molar-refractivity contribution >= 4 is 5.97 Å². The van der Waals surface area contributed by atoms with Crippen molar-refractivity contribution in [3.05, 3.63) is 0 Å². The highest BCUT2D eigenvalue weighted by Crippen LogP contribution is 2.31. The fourth-order valence-corrected chi connectivity index (χ4v) is 1.41. The van der Waals surface area contributed by atoms with E-state index in [1.807, 2.05) is 20.8 Å². The second-order valence-electron chi connectivity index (χ2n) is 8.02. The Labute approximate surface area is 131 Å². The molecule has 126 valence electrons. The zero-order valence-electron chi connectivity index (χ0n) is 15.6. The average Bonchev–Trinajstić information content (AvgIpc) is 2.42. The van der Waals surface area contributed by atoms with Gasteiger partial charge in [-0.05, 0) is 46.5 Å². The molecule has 0 amide bonds. The quantitative estimate of drug-likeness (QED) is 0.572. The van der Waals surface area contributed by atoms with Gasteiger partial charge in [-0.3, -0.25) is 4.79 Å². The van der Waals surface area contributed by atoms with Gasteiger partial charge in [0, 0.05) is 5.41 Å². The lowest BCUT2D eigenvalue weighted by Gasteiger charge is -2.37. The molecule has 0 fully saturated rings. The molecule has 0 bridgehead atoms. The van der Waals surface area contributed by atoms with Crippen LogP contribution >= 0.6 is 0 Å². The van der Waals surface area contributed by atoms with E-state index in [0.29, 0.717) is 19.1 Å². The lowest BCUT2D eigenvalue weighted by atomic mass is 9.80. The molecule has 0 rings (SSSR count). The number of hydrogen-bond donors (Lipinski definition) is 0. The molecule has 21 heavy (non-hydrogen) atoms. The van der Waals surface area contributed by atoms with Crippen LogP contribution in [0.2, 0.25) is 0 Å². The van der Waals surface area contributed by atoms with Crippen molar-refractivity contribution in [1.82, 2.24) is 0 Å². The third kappa shape index (κ3) is 6.37. The lowest BCUT2D eigenvalue weighted by Crippen LogP contribution is -2.40. The zero-order valence-corrected chi connectivity index (χ0v) is 15.6. The molecule has 0 saturated carbocycles. The maximum atomic E-state index is 12.2. The minimum absolute atomic E-state index is 0.119. The molecule has 0 radical (unpaired) electrons. The summed E-state index contributed by atoms with van der Waals surface area (Å²) in [5.41, 5.74) is -0.712. The van der Waals surface area contributed by atoms with Gasteiger partial charge in [-0.2, -0.15) is 0 Å². The maximum Gasteiger partial charge on any atom is 0.311 e. The van der Waals surface area contributed by atoms with E-state index in [-0.39, 0.29) is 17.0 Å². The van der Waals surface area contributed by atoms with E-state index in [4.69, 9.17) is 9.47 Å². The van der Waals surface area contributed by atoms with Crippen molar-refractivity contribution in [2.45, 2.75) is 80.8 Å². The summed E-state index contributed by atoms with van der Waals surface area (Å²) in [6.45, 7) is 19.6. The molecule has 1 atom stereocenters. The van der Waals surface area contributed by atoms with Crippen molar-refractivity contribution in [3.63, 3.8) is 0 Å². The van der Waals surface area contributed by atoms with Gasteiger partial charge < -0.3 is 9.47 Å². The van der Waals surface area contributed by atoms with Crippen LogP contribution in [0.1, 0.15) is 75.2 Å². The minimum atomic E-state index is -0.415. The van der Waals surface area contributed by atoms with Crippen LogP contribution in [-0.4, -0.2) is 24.8 Å². The minimum Gasteiger partial charge on any atom is -0.465 e. The molecule has 0 aromatic heterocycles. The molecule has 0 aliphatic carbocycles. The predicted octanol–water partition coefficient (Wildman–Crippen LogP) is 4.83. The van der Waals surface area contributed by atoms with Crippen LogP contribution in [0.4, 0.5) is 0 Å². The van der Waals surface area contributed by atoms with E-state index >= 15 is 0 Å². The molecule has 0 aliphatic heterocycles. The van der Waals surface area contributed by atoms with Crippen LogP contribution in [0.25, 0.3) is 0 Å². The van der Waals surface area contributed by atoms with Crippen LogP contribution < -0.4 is 0 Å². The van der Waals surface area contributed by atoms with Gasteiger partial charge in [0.15, 0.2) is 0 Å². The number of carbonyl (C=O) groups is 1. The van der Waals surface area contributed by atoms with Crippen LogP contribution in [0, 0.1) is 16.7 Å². The van der Waals surface area contributed by atoms with Crippen LogP contribution in [0.15, 0.2) is 0 Å². The third-order valence-corrected chi connectivity index (χ3v) is 5.01. The lowest BCUT2D eigenvalue weighted by molar-refractivity contribution is -0.162. The summed E-state index contributed by atoms with van der Waals surface area (Å²) in [4.78, 5) is 12.2. The molecule has 0 spiro atoms. The van der Waals surface area contributed by atoms with Crippen LogP contribution in [0.3, 0.4) is 0 Å². The molecular weight excluding hydrogens is 264 g/mol. The van der Waals surface area contributed by atoms with Gasteiger partial charge in [0.1, 0.15) is 0 Å². The molecule has 0 N–H and O–H groups in total. The van der Waals surface area contributed by atoms with Crippen molar-refractivity contribution in [2.24, 2.45) is 16.7 Å². The Kier molecular flexibility index (Phi) is 7.41. The van der Waals surface area contributed by atoms with E-state index in [1.54, 1.807) is 0 Å². The van der Waals surface area contributed by atoms with Gasteiger partial charge >= 0.3 is 5.97 Å². The van der Waals surface area contributed by atoms with Crippen LogP contribution in [-0.2, 0) is 14.3 Å². The summed E-state index contributed by atoms with van der Waals surface area (Å²) >= 11 is 0. The molecule has 0 aromatic rings. The molecule has 3 heteroatoms. The van der Waals surface area contributed by atoms with Gasteiger partial charge in [0.05, 0.1) is 24.2 Å². The van der Waals surface area contributed by atoms with E-state index in [1.165, 1.54) is 0 Å². The Morgan fingerprint density at radius 1 is 0.952 bits per heavy atom. The van der Waals surface area contributed by atoms with Gasteiger partial charge in [-0.25, -0.2) is 0 Å². The third-order valence-electron chi connectivity index (χ3n) is 5.01. The molecule has 0 saturated heterocycles. The first-order chi connectivity index (χ1) is 9.40. The molecule has 0 aromatic carbocycles.